The van der Waals surface area contributed by atoms with Gasteiger partial charge >= 0.3 is 5.91 Å². The number of anilines is 1. The number of hydrogen-bond acceptors (Lipinski definition) is 3. The van der Waals surface area contributed by atoms with E-state index in [1.54, 1.807) is 6.33 Å². The van der Waals surface area contributed by atoms with E-state index in [0.717, 1.165) is 17.0 Å². The number of carbonyl (C=O) groups excluding carboxylic acids is 1. The first-order chi connectivity index (χ1) is 11.2. The van der Waals surface area contributed by atoms with Crippen molar-refractivity contribution in [3.63, 3.8) is 0 Å². The van der Waals surface area contributed by atoms with E-state index in [9.17, 15) is 4.79 Å². The zero-order valence-electron chi connectivity index (χ0n) is 12.5. The second kappa shape index (κ2) is 6.58. The van der Waals surface area contributed by atoms with Gasteiger partial charge in [0.2, 0.25) is 0 Å². The summed E-state index contributed by atoms with van der Waals surface area (Å²) in [6.07, 6.45) is 1.63. The molecule has 0 radical (unpaired) electrons. The van der Waals surface area contributed by atoms with Crippen molar-refractivity contribution in [3.8, 4) is 23.2 Å². The molecule has 0 aliphatic heterocycles. The molecule has 5 nitrogen and oxygen atoms in total. The van der Waals surface area contributed by atoms with Gasteiger partial charge in [-0.05, 0) is 24.3 Å². The Balaban J connectivity index is 1.75. The number of carbonyl (C=O) groups is 1. The van der Waals surface area contributed by atoms with E-state index in [2.05, 4.69) is 27.4 Å². The van der Waals surface area contributed by atoms with E-state index >= 15 is 0 Å². The van der Waals surface area contributed by atoms with Crippen molar-refractivity contribution in [2.45, 2.75) is 0 Å². The quantitative estimate of drug-likeness (QED) is 0.740. The van der Waals surface area contributed by atoms with Crippen molar-refractivity contribution in [2.75, 3.05) is 5.32 Å². The van der Waals surface area contributed by atoms with Crippen LogP contribution in [0.15, 0.2) is 60.9 Å². The molecule has 0 atom stereocenters. The van der Waals surface area contributed by atoms with Crippen molar-refractivity contribution in [1.82, 2.24) is 14.8 Å². The van der Waals surface area contributed by atoms with Crippen molar-refractivity contribution in [2.24, 2.45) is 7.05 Å². The highest BCUT2D eigenvalue weighted by Crippen LogP contribution is 2.19. The molecule has 0 unspecified atom stereocenters. The third kappa shape index (κ3) is 3.63. The monoisotopic (exact) mass is 302 g/mol. The Morgan fingerprint density at radius 3 is 2.70 bits per heavy atom. The molecule has 0 fully saturated rings. The Labute approximate surface area is 134 Å². The van der Waals surface area contributed by atoms with E-state index in [4.69, 9.17) is 0 Å². The zero-order chi connectivity index (χ0) is 16.1. The maximum absolute atomic E-state index is 11.9. The average molecular weight is 302 g/mol. The van der Waals surface area contributed by atoms with Gasteiger partial charge in [0.1, 0.15) is 6.33 Å². The van der Waals surface area contributed by atoms with Gasteiger partial charge in [0.25, 0.3) is 0 Å². The molecule has 5 heteroatoms. The van der Waals surface area contributed by atoms with Crippen LogP contribution in [0.3, 0.4) is 0 Å². The van der Waals surface area contributed by atoms with Crippen LogP contribution in [0.1, 0.15) is 5.56 Å². The Morgan fingerprint density at radius 2 is 1.96 bits per heavy atom. The van der Waals surface area contributed by atoms with Crippen LogP contribution in [0.25, 0.3) is 11.4 Å². The van der Waals surface area contributed by atoms with Crippen molar-refractivity contribution < 1.29 is 4.79 Å². The predicted octanol–water partition coefficient (Wildman–Crippen LogP) is 2.47. The molecule has 3 aromatic rings. The van der Waals surface area contributed by atoms with Gasteiger partial charge in [-0.1, -0.05) is 36.3 Å². The van der Waals surface area contributed by atoms with Gasteiger partial charge in [-0.25, -0.2) is 0 Å². The summed E-state index contributed by atoms with van der Waals surface area (Å²) < 4.78 is 1.82. The smallest absolute Gasteiger partial charge is 0.300 e. The van der Waals surface area contributed by atoms with Crippen LogP contribution in [0.4, 0.5) is 5.69 Å². The first-order valence-electron chi connectivity index (χ1n) is 7.05. The number of benzene rings is 2. The second-order valence-corrected chi connectivity index (χ2v) is 4.92. The Hall–Kier alpha value is -3.39. The van der Waals surface area contributed by atoms with Gasteiger partial charge in [-0.2, -0.15) is 0 Å². The van der Waals surface area contributed by atoms with Crippen LogP contribution >= 0.6 is 0 Å². The van der Waals surface area contributed by atoms with E-state index in [-0.39, 0.29) is 5.91 Å². The third-order valence-electron chi connectivity index (χ3n) is 3.18. The average Bonchev–Trinajstić information content (AvgIpc) is 3.00. The van der Waals surface area contributed by atoms with Gasteiger partial charge in [-0.15, -0.1) is 10.2 Å². The minimum absolute atomic E-state index is 0.357. The minimum Gasteiger partial charge on any atom is -0.317 e. The molecule has 1 heterocycles. The standard InChI is InChI=1S/C18H14N4O/c1-22-13-19-21-18(22)15-8-5-9-16(12-15)20-17(23)11-10-14-6-3-2-4-7-14/h2-9,12-13H,1H3,(H,20,23). The second-order valence-electron chi connectivity index (χ2n) is 4.92. The molecular weight excluding hydrogens is 288 g/mol. The first-order valence-corrected chi connectivity index (χ1v) is 7.05. The Kier molecular flexibility index (Phi) is 4.16. The normalized spacial score (nSPS) is 9.78. The highest BCUT2D eigenvalue weighted by atomic mass is 16.1. The molecule has 0 spiro atoms. The molecule has 1 aromatic heterocycles. The Morgan fingerprint density at radius 1 is 1.13 bits per heavy atom. The van der Waals surface area contributed by atoms with Gasteiger partial charge in [0.05, 0.1) is 0 Å². The molecule has 1 amide bonds. The summed E-state index contributed by atoms with van der Waals surface area (Å²) in [4.78, 5) is 11.9. The third-order valence-corrected chi connectivity index (χ3v) is 3.18. The van der Waals surface area contributed by atoms with E-state index in [0.29, 0.717) is 5.69 Å². The number of aryl methyl sites for hydroxylation is 1. The SMILES string of the molecule is Cn1cnnc1-c1cccc(NC(=O)C#Cc2ccccc2)c1. The first kappa shape index (κ1) is 14.5. The minimum atomic E-state index is -0.357. The van der Waals surface area contributed by atoms with Crippen LogP contribution in [0.5, 0.6) is 0 Å². The van der Waals surface area contributed by atoms with Crippen molar-refractivity contribution in [3.05, 3.63) is 66.5 Å². The van der Waals surface area contributed by atoms with Crippen LogP contribution in [0, 0.1) is 11.8 Å². The molecule has 23 heavy (non-hydrogen) atoms. The lowest BCUT2D eigenvalue weighted by Gasteiger charge is -2.04. The van der Waals surface area contributed by atoms with E-state index < -0.39 is 0 Å². The number of hydrogen-bond donors (Lipinski definition) is 1. The summed E-state index contributed by atoms with van der Waals surface area (Å²) in [7, 11) is 1.87. The van der Waals surface area contributed by atoms with Crippen LogP contribution in [-0.4, -0.2) is 20.7 Å². The topological polar surface area (TPSA) is 59.8 Å². The maximum Gasteiger partial charge on any atom is 0.300 e. The van der Waals surface area contributed by atoms with Gasteiger partial charge in [0.15, 0.2) is 5.82 Å². The van der Waals surface area contributed by atoms with Crippen molar-refractivity contribution in [1.29, 1.82) is 0 Å². The van der Waals surface area contributed by atoms with E-state index in [1.807, 2.05) is 66.2 Å². The maximum atomic E-state index is 11.9. The molecule has 3 rings (SSSR count). The molecular formula is C18H14N4O. The largest absolute Gasteiger partial charge is 0.317 e. The van der Waals surface area contributed by atoms with Gasteiger partial charge < -0.3 is 9.88 Å². The number of nitrogens with one attached hydrogen (secondary N) is 1. The fourth-order valence-electron chi connectivity index (χ4n) is 2.09. The Bertz CT molecular complexity index is 888. The van der Waals surface area contributed by atoms with Crippen LogP contribution in [0.2, 0.25) is 0 Å². The summed E-state index contributed by atoms with van der Waals surface area (Å²) in [6.45, 7) is 0. The zero-order valence-corrected chi connectivity index (χ0v) is 12.5. The van der Waals surface area contributed by atoms with Gasteiger partial charge in [-0.3, -0.25) is 4.79 Å². The lowest BCUT2D eigenvalue weighted by Crippen LogP contribution is -2.08. The molecule has 0 saturated heterocycles. The molecule has 0 aliphatic rings. The van der Waals surface area contributed by atoms with Crippen LogP contribution in [-0.2, 0) is 11.8 Å². The number of nitrogens with zero attached hydrogens (tertiary/aromatic N) is 3. The summed E-state index contributed by atoms with van der Waals surface area (Å²) in [5.74, 6) is 5.78. The number of aromatic nitrogens is 3. The van der Waals surface area contributed by atoms with Crippen LogP contribution < -0.4 is 5.32 Å². The summed E-state index contributed by atoms with van der Waals surface area (Å²) in [5, 5.41) is 10.7. The number of amides is 1. The molecule has 1 N–H and O–H groups in total. The van der Waals surface area contributed by atoms with Gasteiger partial charge in [0, 0.05) is 29.8 Å². The highest BCUT2D eigenvalue weighted by Gasteiger charge is 2.06. The molecule has 0 aliphatic carbocycles. The summed E-state index contributed by atoms with van der Waals surface area (Å²) in [5.41, 5.74) is 2.34. The lowest BCUT2D eigenvalue weighted by molar-refractivity contribution is -0.111. The molecule has 112 valence electrons. The van der Waals surface area contributed by atoms with Crippen molar-refractivity contribution >= 4 is 11.6 Å². The predicted molar refractivity (Wildman–Crippen MR) is 88.4 cm³/mol. The van der Waals surface area contributed by atoms with E-state index in [1.165, 1.54) is 0 Å². The molecule has 0 bridgehead atoms. The fourth-order valence-corrected chi connectivity index (χ4v) is 2.09. The summed E-state index contributed by atoms with van der Waals surface area (Å²) in [6, 6.07) is 16.8. The molecule has 2 aromatic carbocycles. The molecule has 0 saturated carbocycles. The fraction of sp³-hybridized carbons (Fsp3) is 0.0556. The lowest BCUT2D eigenvalue weighted by atomic mass is 10.2. The number of rotatable bonds is 2. The summed E-state index contributed by atoms with van der Waals surface area (Å²) >= 11 is 0. The highest BCUT2D eigenvalue weighted by molar-refractivity contribution is 6.04.